The van der Waals surface area contributed by atoms with Crippen molar-refractivity contribution in [2.24, 2.45) is 7.05 Å². The van der Waals surface area contributed by atoms with Gasteiger partial charge in [0.1, 0.15) is 0 Å². The first-order valence-electron chi connectivity index (χ1n) is 5.82. The van der Waals surface area contributed by atoms with Crippen LogP contribution in [0, 0.1) is 6.92 Å². The minimum Gasteiger partial charge on any atom is -0.466 e. The zero-order valence-electron chi connectivity index (χ0n) is 10.5. The first kappa shape index (κ1) is 11.7. The summed E-state index contributed by atoms with van der Waals surface area (Å²) >= 11 is 0. The lowest BCUT2D eigenvalue weighted by Gasteiger charge is -2.01. The van der Waals surface area contributed by atoms with Gasteiger partial charge in [0.05, 0.1) is 18.5 Å². The average molecular weight is 231 g/mol. The van der Waals surface area contributed by atoms with Crippen molar-refractivity contribution >= 4 is 16.9 Å². The van der Waals surface area contributed by atoms with E-state index < -0.39 is 0 Å². The molecular formula is C14H17NO2. The molecule has 0 aliphatic rings. The van der Waals surface area contributed by atoms with Gasteiger partial charge < -0.3 is 9.30 Å². The van der Waals surface area contributed by atoms with Gasteiger partial charge in [-0.3, -0.25) is 4.79 Å². The molecule has 0 aliphatic heterocycles. The van der Waals surface area contributed by atoms with E-state index in [-0.39, 0.29) is 5.97 Å². The van der Waals surface area contributed by atoms with E-state index in [4.69, 9.17) is 4.74 Å². The van der Waals surface area contributed by atoms with E-state index >= 15 is 0 Å². The quantitative estimate of drug-likeness (QED) is 0.760. The van der Waals surface area contributed by atoms with Gasteiger partial charge in [0.15, 0.2) is 0 Å². The van der Waals surface area contributed by atoms with Gasteiger partial charge >= 0.3 is 5.97 Å². The van der Waals surface area contributed by atoms with Gasteiger partial charge in [0.25, 0.3) is 0 Å². The summed E-state index contributed by atoms with van der Waals surface area (Å²) < 4.78 is 7.05. The molecule has 0 spiro atoms. The molecule has 17 heavy (non-hydrogen) atoms. The Balaban J connectivity index is 2.42. The number of carbonyl (C=O) groups excluding carboxylic acids is 1. The fourth-order valence-corrected chi connectivity index (χ4v) is 2.26. The lowest BCUT2D eigenvalue weighted by atomic mass is 10.1. The molecule has 0 aliphatic carbocycles. The number of rotatable bonds is 3. The number of hydrogen-bond acceptors (Lipinski definition) is 2. The first-order valence-corrected chi connectivity index (χ1v) is 5.82. The zero-order valence-corrected chi connectivity index (χ0v) is 10.5. The van der Waals surface area contributed by atoms with Crippen molar-refractivity contribution < 1.29 is 9.53 Å². The smallest absolute Gasteiger partial charge is 0.310 e. The number of esters is 1. The standard InChI is InChI=1S/C14H17NO2/c1-4-17-13(16)8-11-9-15(3)14-10(2)6-5-7-12(11)14/h5-7,9H,4,8H2,1-3H3. The predicted molar refractivity (Wildman–Crippen MR) is 68.0 cm³/mol. The fraction of sp³-hybridized carbons (Fsp3) is 0.357. The predicted octanol–water partition coefficient (Wildman–Crippen LogP) is 2.59. The minimum absolute atomic E-state index is 0.165. The topological polar surface area (TPSA) is 31.2 Å². The highest BCUT2D eigenvalue weighted by atomic mass is 16.5. The van der Waals surface area contributed by atoms with Crippen LogP contribution in [-0.2, 0) is 23.0 Å². The Kier molecular flexibility index (Phi) is 3.18. The second kappa shape index (κ2) is 4.62. The van der Waals surface area contributed by atoms with Crippen LogP contribution in [0.5, 0.6) is 0 Å². The van der Waals surface area contributed by atoms with Gasteiger partial charge in [0.2, 0.25) is 0 Å². The van der Waals surface area contributed by atoms with Gasteiger partial charge in [-0.05, 0) is 25.0 Å². The van der Waals surface area contributed by atoms with Crippen LogP contribution in [0.15, 0.2) is 24.4 Å². The molecule has 0 bridgehead atoms. The highest BCUT2D eigenvalue weighted by molar-refractivity contribution is 5.89. The maximum atomic E-state index is 11.5. The molecule has 3 nitrogen and oxygen atoms in total. The summed E-state index contributed by atoms with van der Waals surface area (Å²) in [7, 11) is 2.00. The number of fused-ring (bicyclic) bond motifs is 1. The summed E-state index contributed by atoms with van der Waals surface area (Å²) in [5.74, 6) is -0.165. The number of aromatic nitrogens is 1. The van der Waals surface area contributed by atoms with E-state index in [0.29, 0.717) is 13.0 Å². The van der Waals surface area contributed by atoms with Gasteiger partial charge in [-0.15, -0.1) is 0 Å². The van der Waals surface area contributed by atoms with Crippen LogP contribution in [0.4, 0.5) is 0 Å². The number of ether oxygens (including phenoxy) is 1. The Bertz CT molecular complexity index is 555. The van der Waals surface area contributed by atoms with Crippen LogP contribution in [0.25, 0.3) is 10.9 Å². The third-order valence-electron chi connectivity index (χ3n) is 2.93. The van der Waals surface area contributed by atoms with Crippen molar-refractivity contribution in [2.45, 2.75) is 20.3 Å². The largest absolute Gasteiger partial charge is 0.466 e. The summed E-state index contributed by atoms with van der Waals surface area (Å²) in [4.78, 5) is 11.5. The summed E-state index contributed by atoms with van der Waals surface area (Å²) in [6.07, 6.45) is 2.35. The molecule has 0 saturated carbocycles. The summed E-state index contributed by atoms with van der Waals surface area (Å²) in [6, 6.07) is 6.15. The molecule has 2 rings (SSSR count). The fourth-order valence-electron chi connectivity index (χ4n) is 2.26. The molecule has 0 radical (unpaired) electrons. The Morgan fingerprint density at radius 2 is 2.18 bits per heavy atom. The van der Waals surface area contributed by atoms with Crippen LogP contribution >= 0.6 is 0 Å². The maximum Gasteiger partial charge on any atom is 0.310 e. The molecule has 0 amide bonds. The molecule has 3 heteroatoms. The molecule has 0 fully saturated rings. The highest BCUT2D eigenvalue weighted by Crippen LogP contribution is 2.24. The normalized spacial score (nSPS) is 10.8. The van der Waals surface area contributed by atoms with Crippen molar-refractivity contribution in [3.63, 3.8) is 0 Å². The molecule has 1 aromatic heterocycles. The van der Waals surface area contributed by atoms with Crippen LogP contribution < -0.4 is 0 Å². The lowest BCUT2D eigenvalue weighted by Crippen LogP contribution is -2.07. The minimum atomic E-state index is -0.165. The summed E-state index contributed by atoms with van der Waals surface area (Å²) in [5, 5.41) is 1.14. The molecule has 2 aromatic rings. The number of benzene rings is 1. The zero-order chi connectivity index (χ0) is 12.4. The highest BCUT2D eigenvalue weighted by Gasteiger charge is 2.12. The van der Waals surface area contributed by atoms with Crippen molar-refractivity contribution in [1.82, 2.24) is 4.57 Å². The third-order valence-corrected chi connectivity index (χ3v) is 2.93. The van der Waals surface area contributed by atoms with Crippen LogP contribution in [0.1, 0.15) is 18.1 Å². The molecule has 0 atom stereocenters. The summed E-state index contributed by atoms with van der Waals surface area (Å²) in [5.41, 5.74) is 3.44. The second-order valence-electron chi connectivity index (χ2n) is 4.22. The number of aryl methyl sites for hydroxylation is 2. The SMILES string of the molecule is CCOC(=O)Cc1cn(C)c2c(C)cccc12. The van der Waals surface area contributed by atoms with E-state index in [2.05, 4.69) is 23.6 Å². The van der Waals surface area contributed by atoms with Gasteiger partial charge in [0, 0.05) is 18.6 Å². The number of para-hydroxylation sites is 1. The van der Waals surface area contributed by atoms with Crippen molar-refractivity contribution in [3.05, 3.63) is 35.5 Å². The molecule has 1 aromatic carbocycles. The van der Waals surface area contributed by atoms with E-state index in [1.807, 2.05) is 26.2 Å². The van der Waals surface area contributed by atoms with Gasteiger partial charge in [-0.2, -0.15) is 0 Å². The molecule has 0 unspecified atom stereocenters. The van der Waals surface area contributed by atoms with Crippen molar-refractivity contribution in [1.29, 1.82) is 0 Å². The van der Waals surface area contributed by atoms with Crippen LogP contribution in [0.2, 0.25) is 0 Å². The second-order valence-corrected chi connectivity index (χ2v) is 4.22. The number of hydrogen-bond donors (Lipinski definition) is 0. The van der Waals surface area contributed by atoms with E-state index in [1.165, 1.54) is 11.1 Å². The Labute approximate surface area is 101 Å². The van der Waals surface area contributed by atoms with E-state index in [1.54, 1.807) is 0 Å². The molecule has 0 N–H and O–H groups in total. The monoisotopic (exact) mass is 231 g/mol. The van der Waals surface area contributed by atoms with Gasteiger partial charge in [-0.25, -0.2) is 0 Å². The maximum absolute atomic E-state index is 11.5. The molecule has 0 saturated heterocycles. The van der Waals surface area contributed by atoms with E-state index in [0.717, 1.165) is 10.9 Å². The van der Waals surface area contributed by atoms with Crippen molar-refractivity contribution in [2.75, 3.05) is 6.61 Å². The Morgan fingerprint density at radius 1 is 1.41 bits per heavy atom. The van der Waals surface area contributed by atoms with E-state index in [9.17, 15) is 4.79 Å². The third kappa shape index (κ3) is 2.18. The van der Waals surface area contributed by atoms with Crippen molar-refractivity contribution in [3.8, 4) is 0 Å². The molecular weight excluding hydrogens is 214 g/mol. The molecule has 90 valence electrons. The Hall–Kier alpha value is -1.77. The Morgan fingerprint density at radius 3 is 2.88 bits per heavy atom. The number of nitrogens with zero attached hydrogens (tertiary/aromatic N) is 1. The van der Waals surface area contributed by atoms with Crippen LogP contribution in [0.3, 0.4) is 0 Å². The summed E-state index contributed by atoms with van der Waals surface area (Å²) in [6.45, 7) is 4.34. The first-order chi connectivity index (χ1) is 8.13. The average Bonchev–Trinajstić information content (AvgIpc) is 2.57. The van der Waals surface area contributed by atoms with Crippen LogP contribution in [-0.4, -0.2) is 17.1 Å². The number of carbonyl (C=O) groups is 1. The molecule has 1 heterocycles. The van der Waals surface area contributed by atoms with Gasteiger partial charge in [-0.1, -0.05) is 18.2 Å². The lowest BCUT2D eigenvalue weighted by molar-refractivity contribution is -0.142.